The van der Waals surface area contributed by atoms with Crippen LogP contribution in [0.2, 0.25) is 0 Å². The Balaban J connectivity index is 2.31. The van der Waals surface area contributed by atoms with E-state index in [2.05, 4.69) is 10.6 Å². The third-order valence-electron chi connectivity index (χ3n) is 4.23. The second-order valence-electron chi connectivity index (χ2n) is 6.98. The van der Waals surface area contributed by atoms with Crippen molar-refractivity contribution in [2.45, 2.75) is 39.3 Å². The van der Waals surface area contributed by atoms with E-state index in [-0.39, 0.29) is 24.4 Å². The summed E-state index contributed by atoms with van der Waals surface area (Å²) in [5.41, 5.74) is 6.67. The third kappa shape index (κ3) is 4.75. The Kier molecular flexibility index (Phi) is 6.04. The van der Waals surface area contributed by atoms with E-state index in [0.717, 1.165) is 0 Å². The van der Waals surface area contributed by atoms with Crippen LogP contribution in [0.3, 0.4) is 0 Å². The summed E-state index contributed by atoms with van der Waals surface area (Å²) >= 11 is 0. The molecule has 0 bridgehead atoms. The minimum atomic E-state index is -1.04. The molecule has 1 aliphatic heterocycles. The van der Waals surface area contributed by atoms with Gasteiger partial charge in [-0.05, 0) is 31.0 Å². The first-order valence-corrected chi connectivity index (χ1v) is 8.62. The quantitative estimate of drug-likeness (QED) is 0.538. The standard InChI is InChI=1S/C18H24N4O5/c1-9(2)16-17(26)21-13-5-4-11(19)7-12(13)18(27)22(16)8-14(23)20-10(3)6-15(24)25/h4-5,7,9-10,16H,6,8,19H2,1-3H3,(H,20,23)(H,21,26)(H,24,25)/t10-,16+/m1/s1. The van der Waals surface area contributed by atoms with Gasteiger partial charge in [0.1, 0.15) is 12.6 Å². The minimum absolute atomic E-state index is 0.206. The summed E-state index contributed by atoms with van der Waals surface area (Å²) in [6.45, 7) is 4.74. The van der Waals surface area contributed by atoms with Gasteiger partial charge in [0.05, 0.1) is 17.7 Å². The van der Waals surface area contributed by atoms with E-state index in [1.165, 1.54) is 11.0 Å². The largest absolute Gasteiger partial charge is 0.481 e. The number of carboxylic acid groups (broad SMARTS) is 1. The molecule has 1 aliphatic rings. The summed E-state index contributed by atoms with van der Waals surface area (Å²) in [4.78, 5) is 50.0. The number of hydrogen-bond donors (Lipinski definition) is 4. The Labute approximate surface area is 156 Å². The fraction of sp³-hybridized carbons (Fsp3) is 0.444. The smallest absolute Gasteiger partial charge is 0.305 e. The zero-order chi connectivity index (χ0) is 20.3. The van der Waals surface area contributed by atoms with Gasteiger partial charge in [-0.25, -0.2) is 0 Å². The lowest BCUT2D eigenvalue weighted by molar-refractivity contribution is -0.137. The van der Waals surface area contributed by atoms with Gasteiger partial charge in [0.25, 0.3) is 5.91 Å². The number of nitrogens with zero attached hydrogens (tertiary/aromatic N) is 1. The molecule has 3 amide bonds. The molecule has 0 spiro atoms. The number of amides is 3. The predicted octanol–water partition coefficient (Wildman–Crippen LogP) is 0.667. The lowest BCUT2D eigenvalue weighted by Gasteiger charge is -2.31. The summed E-state index contributed by atoms with van der Waals surface area (Å²) in [5, 5.41) is 14.1. The number of fused-ring (bicyclic) bond motifs is 1. The second-order valence-corrected chi connectivity index (χ2v) is 6.98. The molecule has 0 saturated heterocycles. The molecule has 9 nitrogen and oxygen atoms in total. The predicted molar refractivity (Wildman–Crippen MR) is 99.0 cm³/mol. The lowest BCUT2D eigenvalue weighted by Crippen LogP contribution is -2.52. The van der Waals surface area contributed by atoms with E-state index in [4.69, 9.17) is 10.8 Å². The molecule has 0 radical (unpaired) electrons. The number of carboxylic acids is 1. The number of carbonyl (C=O) groups excluding carboxylic acids is 3. The van der Waals surface area contributed by atoms with Gasteiger partial charge >= 0.3 is 5.97 Å². The molecule has 0 aliphatic carbocycles. The van der Waals surface area contributed by atoms with Gasteiger partial charge in [0.2, 0.25) is 11.8 Å². The third-order valence-corrected chi connectivity index (χ3v) is 4.23. The van der Waals surface area contributed by atoms with Crippen molar-refractivity contribution in [2.75, 3.05) is 17.6 Å². The van der Waals surface area contributed by atoms with E-state index in [1.54, 1.807) is 32.9 Å². The Morgan fingerprint density at radius 1 is 1.30 bits per heavy atom. The summed E-state index contributed by atoms with van der Waals surface area (Å²) in [7, 11) is 0. The summed E-state index contributed by atoms with van der Waals surface area (Å²) in [6, 6.07) is 3.12. The normalized spacial score (nSPS) is 17.8. The lowest BCUT2D eigenvalue weighted by atomic mass is 10.0. The highest BCUT2D eigenvalue weighted by atomic mass is 16.4. The van der Waals surface area contributed by atoms with Crippen LogP contribution in [0.1, 0.15) is 37.6 Å². The Morgan fingerprint density at radius 2 is 1.96 bits per heavy atom. The highest BCUT2D eigenvalue weighted by Gasteiger charge is 2.38. The fourth-order valence-electron chi connectivity index (χ4n) is 3.10. The molecule has 0 fully saturated rings. The molecule has 146 valence electrons. The van der Waals surface area contributed by atoms with Gasteiger partial charge < -0.3 is 26.4 Å². The number of nitrogens with two attached hydrogens (primary N) is 1. The van der Waals surface area contributed by atoms with Crippen LogP contribution in [0.15, 0.2) is 18.2 Å². The van der Waals surface area contributed by atoms with Crippen molar-refractivity contribution in [3.63, 3.8) is 0 Å². The number of nitrogen functional groups attached to an aromatic ring is 1. The molecule has 1 aromatic rings. The maximum Gasteiger partial charge on any atom is 0.305 e. The van der Waals surface area contributed by atoms with Gasteiger partial charge in [-0.3, -0.25) is 19.2 Å². The van der Waals surface area contributed by atoms with Crippen LogP contribution >= 0.6 is 0 Å². The van der Waals surface area contributed by atoms with Crippen LogP contribution in [0.25, 0.3) is 0 Å². The zero-order valence-electron chi connectivity index (χ0n) is 15.5. The van der Waals surface area contributed by atoms with E-state index in [0.29, 0.717) is 11.4 Å². The molecular formula is C18H24N4O5. The average Bonchev–Trinajstić information content (AvgIpc) is 2.62. The van der Waals surface area contributed by atoms with Crippen molar-refractivity contribution < 1.29 is 24.3 Å². The van der Waals surface area contributed by atoms with Gasteiger partial charge in [-0.15, -0.1) is 0 Å². The molecule has 0 saturated carbocycles. The van der Waals surface area contributed by atoms with Crippen molar-refractivity contribution in [1.82, 2.24) is 10.2 Å². The van der Waals surface area contributed by atoms with Gasteiger partial charge in [-0.2, -0.15) is 0 Å². The first-order valence-electron chi connectivity index (χ1n) is 8.62. The van der Waals surface area contributed by atoms with Gasteiger partial charge in [-0.1, -0.05) is 13.8 Å². The van der Waals surface area contributed by atoms with Gasteiger partial charge in [0, 0.05) is 11.7 Å². The first-order chi connectivity index (χ1) is 12.6. The summed E-state index contributed by atoms with van der Waals surface area (Å²) in [5.74, 6) is -2.71. The van der Waals surface area contributed by atoms with Crippen molar-refractivity contribution >= 4 is 35.1 Å². The van der Waals surface area contributed by atoms with Crippen LogP contribution in [-0.2, 0) is 14.4 Å². The van der Waals surface area contributed by atoms with Crippen molar-refractivity contribution in [3.8, 4) is 0 Å². The number of anilines is 2. The van der Waals surface area contributed by atoms with E-state index >= 15 is 0 Å². The topological polar surface area (TPSA) is 142 Å². The number of carbonyl (C=O) groups is 4. The van der Waals surface area contributed by atoms with Crippen LogP contribution < -0.4 is 16.4 Å². The van der Waals surface area contributed by atoms with E-state index in [1.807, 2.05) is 0 Å². The number of hydrogen-bond acceptors (Lipinski definition) is 5. The molecule has 0 unspecified atom stereocenters. The second kappa shape index (κ2) is 8.07. The monoisotopic (exact) mass is 376 g/mol. The van der Waals surface area contributed by atoms with E-state index < -0.39 is 35.8 Å². The fourth-order valence-corrected chi connectivity index (χ4v) is 3.10. The van der Waals surface area contributed by atoms with E-state index in [9.17, 15) is 19.2 Å². The van der Waals surface area contributed by atoms with Gasteiger partial charge in [0.15, 0.2) is 0 Å². The molecule has 1 heterocycles. The van der Waals surface area contributed by atoms with Crippen LogP contribution in [-0.4, -0.2) is 52.3 Å². The number of aliphatic carboxylic acids is 1. The highest BCUT2D eigenvalue weighted by molar-refractivity contribution is 6.11. The number of rotatable bonds is 6. The molecule has 2 rings (SSSR count). The Hall–Kier alpha value is -3.10. The van der Waals surface area contributed by atoms with Crippen LogP contribution in [0, 0.1) is 5.92 Å². The van der Waals surface area contributed by atoms with Crippen LogP contribution in [0.4, 0.5) is 11.4 Å². The zero-order valence-corrected chi connectivity index (χ0v) is 15.5. The maximum absolute atomic E-state index is 13.1. The summed E-state index contributed by atoms with van der Waals surface area (Å²) in [6.07, 6.45) is -0.243. The van der Waals surface area contributed by atoms with Crippen molar-refractivity contribution in [2.24, 2.45) is 5.92 Å². The molecular weight excluding hydrogens is 352 g/mol. The minimum Gasteiger partial charge on any atom is -0.481 e. The molecule has 5 N–H and O–H groups in total. The Bertz CT molecular complexity index is 777. The number of benzene rings is 1. The van der Waals surface area contributed by atoms with Crippen LogP contribution in [0.5, 0.6) is 0 Å². The van der Waals surface area contributed by atoms with Crippen molar-refractivity contribution in [3.05, 3.63) is 23.8 Å². The molecule has 1 aromatic carbocycles. The number of nitrogens with one attached hydrogen (secondary N) is 2. The molecule has 27 heavy (non-hydrogen) atoms. The SMILES string of the molecule is CC(C)[C@H]1C(=O)Nc2ccc(N)cc2C(=O)N1CC(=O)N[C@H](C)CC(=O)O. The highest BCUT2D eigenvalue weighted by Crippen LogP contribution is 2.27. The molecule has 9 heteroatoms. The summed E-state index contributed by atoms with van der Waals surface area (Å²) < 4.78 is 0. The maximum atomic E-state index is 13.1. The average molecular weight is 376 g/mol. The Morgan fingerprint density at radius 3 is 2.56 bits per heavy atom. The first kappa shape index (κ1) is 20.2. The van der Waals surface area contributed by atoms with Crippen molar-refractivity contribution in [1.29, 1.82) is 0 Å². The molecule has 0 aromatic heterocycles. The molecule has 2 atom stereocenters.